The van der Waals surface area contributed by atoms with E-state index in [-0.39, 0.29) is 0 Å². The van der Waals surface area contributed by atoms with Gasteiger partial charge in [0, 0.05) is 5.82 Å². The molecule has 96 valence electrons. The van der Waals surface area contributed by atoms with Crippen molar-refractivity contribution in [2.45, 2.75) is 37.4 Å². The van der Waals surface area contributed by atoms with E-state index >= 15 is 0 Å². The first kappa shape index (κ1) is 15.0. The first-order valence-electron chi connectivity index (χ1n) is 6.10. The molecule has 0 heterocycles. The molecule has 2 unspecified atom stereocenters. The molecule has 0 aliphatic rings. The van der Waals surface area contributed by atoms with Gasteiger partial charge in [0.15, 0.2) is 0 Å². The second-order valence-electron chi connectivity index (χ2n) is 5.74. The zero-order valence-electron chi connectivity index (χ0n) is 11.4. The first-order valence-corrected chi connectivity index (χ1v) is 9.60. The van der Waals surface area contributed by atoms with Crippen LogP contribution in [0.4, 0.5) is 0 Å². The lowest BCUT2D eigenvalue weighted by atomic mass is 9.64. The fourth-order valence-corrected chi connectivity index (χ4v) is 5.52. The molecule has 1 rings (SSSR count). The highest BCUT2D eigenvalue weighted by Crippen LogP contribution is 2.44. The predicted molar refractivity (Wildman–Crippen MR) is 76.7 cm³/mol. The quantitative estimate of drug-likeness (QED) is 0.816. The summed E-state index contributed by atoms with van der Waals surface area (Å²) in [6.45, 7) is 7.99. The average Bonchev–Trinajstić information content (AvgIpc) is 2.30. The highest BCUT2D eigenvalue weighted by molar-refractivity contribution is 6.81. The third-order valence-corrected chi connectivity index (χ3v) is 6.94. The maximum absolute atomic E-state index is 9.75. The third kappa shape index (κ3) is 2.37. The molecule has 2 N–H and O–H groups in total. The van der Waals surface area contributed by atoms with Crippen LogP contribution < -0.4 is 0 Å². The minimum Gasteiger partial charge on any atom is -0.427 e. The summed E-state index contributed by atoms with van der Waals surface area (Å²) >= 11 is 0. The summed E-state index contributed by atoms with van der Waals surface area (Å²) < 4.78 is 0. The highest BCUT2D eigenvalue weighted by atomic mass is 28.3. The van der Waals surface area contributed by atoms with Crippen molar-refractivity contribution < 1.29 is 10.0 Å². The number of hydrogen-bond acceptors (Lipinski definition) is 3. The van der Waals surface area contributed by atoms with E-state index in [1.54, 1.807) is 6.92 Å². The number of hydrogen-bond donors (Lipinski definition) is 2. The van der Waals surface area contributed by atoms with Crippen LogP contribution in [0, 0.1) is 11.3 Å². The lowest BCUT2D eigenvalue weighted by Gasteiger charge is -2.42. The van der Waals surface area contributed by atoms with Crippen molar-refractivity contribution in [3.8, 4) is 6.07 Å². The maximum atomic E-state index is 9.75. The van der Waals surface area contributed by atoms with Gasteiger partial charge in [-0.1, -0.05) is 56.9 Å². The van der Waals surface area contributed by atoms with Crippen LogP contribution in [-0.4, -0.2) is 25.2 Å². The van der Waals surface area contributed by atoms with Gasteiger partial charge in [0.05, 0.1) is 19.2 Å². The number of rotatable bonds is 4. The summed E-state index contributed by atoms with van der Waals surface area (Å²) in [6.07, 6.45) is 0. The molecule has 0 saturated heterocycles. The molecule has 0 radical (unpaired) electrons. The Balaban J connectivity index is 3.49. The summed E-state index contributed by atoms with van der Waals surface area (Å²) in [5.41, 5.74) is 0.882. The molecule has 0 aromatic heterocycles. The molecular formula is C13H20BNO2Si. The predicted octanol–water partition coefficient (Wildman–Crippen LogP) is 2.19. The van der Waals surface area contributed by atoms with Gasteiger partial charge in [0.25, 0.3) is 0 Å². The third-order valence-electron chi connectivity index (χ3n) is 3.72. The summed E-state index contributed by atoms with van der Waals surface area (Å²) in [5.74, 6) is -0.517. The number of benzene rings is 1. The van der Waals surface area contributed by atoms with Crippen molar-refractivity contribution in [2.24, 2.45) is 0 Å². The molecule has 5 heteroatoms. The molecule has 0 fully saturated rings. The highest BCUT2D eigenvalue weighted by Gasteiger charge is 2.52. The van der Waals surface area contributed by atoms with E-state index in [0.29, 0.717) is 0 Å². The fourth-order valence-electron chi connectivity index (χ4n) is 2.64. The van der Waals surface area contributed by atoms with Crippen LogP contribution in [0.1, 0.15) is 12.5 Å². The minimum absolute atomic E-state index is 0.517. The van der Waals surface area contributed by atoms with Gasteiger partial charge in [0.2, 0.25) is 0 Å². The molecule has 3 nitrogen and oxygen atoms in total. The van der Waals surface area contributed by atoms with E-state index in [9.17, 15) is 15.3 Å². The zero-order chi connectivity index (χ0) is 14.0. The normalized spacial score (nSPS) is 16.5. The molecule has 0 aliphatic heterocycles. The maximum Gasteiger partial charge on any atom is 0.456 e. The van der Waals surface area contributed by atoms with Gasteiger partial charge in [-0.05, 0) is 5.56 Å². The van der Waals surface area contributed by atoms with Crippen LogP contribution >= 0.6 is 0 Å². The molecule has 0 amide bonds. The van der Waals surface area contributed by atoms with Crippen molar-refractivity contribution in [3.63, 3.8) is 0 Å². The average molecular weight is 261 g/mol. The summed E-state index contributed by atoms with van der Waals surface area (Å²) in [7, 11) is -3.47. The van der Waals surface area contributed by atoms with E-state index in [1.165, 1.54) is 0 Å². The van der Waals surface area contributed by atoms with Crippen LogP contribution in [0.15, 0.2) is 30.3 Å². The first-order chi connectivity index (χ1) is 8.27. The largest absolute Gasteiger partial charge is 0.456 e. The molecule has 0 spiro atoms. The van der Waals surface area contributed by atoms with Crippen molar-refractivity contribution in [1.82, 2.24) is 0 Å². The van der Waals surface area contributed by atoms with Crippen LogP contribution in [0.3, 0.4) is 0 Å². The van der Waals surface area contributed by atoms with Gasteiger partial charge >= 0.3 is 7.12 Å². The van der Waals surface area contributed by atoms with Gasteiger partial charge in [0.1, 0.15) is 0 Å². The van der Waals surface area contributed by atoms with E-state index < -0.39 is 26.0 Å². The Morgan fingerprint density at radius 3 is 2.06 bits per heavy atom. The molecule has 18 heavy (non-hydrogen) atoms. The zero-order valence-corrected chi connectivity index (χ0v) is 12.4. The Morgan fingerprint density at radius 1 is 1.22 bits per heavy atom. The summed E-state index contributed by atoms with van der Waals surface area (Å²) in [5, 5.41) is 28.0. The molecule has 1 aromatic carbocycles. The lowest BCUT2D eigenvalue weighted by Crippen LogP contribution is -2.54. The Labute approximate surface area is 110 Å². The summed E-state index contributed by atoms with van der Waals surface area (Å²) in [6, 6.07) is 11.9. The standard InChI is InChI=1S/C13H20BNO2Si/c1-11(14(16)17)13(10-15,18(2,3)4)12-8-6-5-7-9-12/h5-9,11,16-17H,1-4H3. The number of nitriles is 1. The smallest absolute Gasteiger partial charge is 0.427 e. The van der Waals surface area contributed by atoms with E-state index in [0.717, 1.165) is 5.56 Å². The minimum atomic E-state index is -1.98. The molecule has 1 aromatic rings. The van der Waals surface area contributed by atoms with Gasteiger partial charge in [-0.3, -0.25) is 0 Å². The Kier molecular flexibility index (Phi) is 4.38. The molecular weight excluding hydrogens is 241 g/mol. The van der Waals surface area contributed by atoms with E-state index in [2.05, 4.69) is 25.7 Å². The molecule has 0 saturated carbocycles. The van der Waals surface area contributed by atoms with Crippen molar-refractivity contribution in [3.05, 3.63) is 35.9 Å². The van der Waals surface area contributed by atoms with Gasteiger partial charge in [-0.2, -0.15) is 5.26 Å². The lowest BCUT2D eigenvalue weighted by molar-refractivity contribution is 0.375. The van der Waals surface area contributed by atoms with Crippen molar-refractivity contribution >= 4 is 15.2 Å². The topological polar surface area (TPSA) is 64.2 Å². The summed E-state index contributed by atoms with van der Waals surface area (Å²) in [4.78, 5) is 0. The van der Waals surface area contributed by atoms with Gasteiger partial charge < -0.3 is 10.0 Å². The second kappa shape index (κ2) is 5.27. The van der Waals surface area contributed by atoms with Crippen LogP contribution in [0.25, 0.3) is 0 Å². The second-order valence-corrected chi connectivity index (χ2v) is 11.0. The Hall–Kier alpha value is -1.09. The Morgan fingerprint density at radius 2 is 1.72 bits per heavy atom. The Bertz CT molecular complexity index is 439. The molecule has 0 bridgehead atoms. The van der Waals surface area contributed by atoms with Gasteiger partial charge in [-0.15, -0.1) is 0 Å². The van der Waals surface area contributed by atoms with Crippen LogP contribution in [0.5, 0.6) is 0 Å². The van der Waals surface area contributed by atoms with E-state index in [1.807, 2.05) is 30.3 Å². The van der Waals surface area contributed by atoms with Crippen molar-refractivity contribution in [1.29, 1.82) is 5.26 Å². The monoisotopic (exact) mass is 261 g/mol. The molecule has 2 atom stereocenters. The van der Waals surface area contributed by atoms with E-state index in [4.69, 9.17) is 0 Å². The van der Waals surface area contributed by atoms with Crippen molar-refractivity contribution in [2.75, 3.05) is 0 Å². The molecule has 0 aliphatic carbocycles. The van der Waals surface area contributed by atoms with Crippen LogP contribution in [0.2, 0.25) is 25.5 Å². The fraction of sp³-hybridized carbons (Fsp3) is 0.462. The van der Waals surface area contributed by atoms with Gasteiger partial charge in [-0.25, -0.2) is 0 Å². The number of nitrogens with zero attached hydrogens (tertiary/aromatic N) is 1. The van der Waals surface area contributed by atoms with Crippen LogP contribution in [-0.2, 0) is 5.04 Å². The SMILES string of the molecule is CC(B(O)O)C(C#N)(c1ccccc1)[Si](C)(C)C.